The summed E-state index contributed by atoms with van der Waals surface area (Å²) in [6.07, 6.45) is 3.89. The standard InChI is InChI=1S/C20H28N2O5/c1-20(2,3)11-14-10-15(21-26-14)19-17(12-6-7-12)18(22-27-19)13(5-4-8-23)9-16(24)25/h10,12-13,23H,4-9,11H2,1-3H3,(H,24,25)/t13-/m0/s1. The van der Waals surface area contributed by atoms with Crippen LogP contribution in [0.5, 0.6) is 0 Å². The van der Waals surface area contributed by atoms with E-state index in [2.05, 4.69) is 31.1 Å². The predicted octanol–water partition coefficient (Wildman–Crippen LogP) is 4.13. The molecule has 7 nitrogen and oxygen atoms in total. The van der Waals surface area contributed by atoms with E-state index in [1.807, 2.05) is 6.07 Å². The zero-order chi connectivity index (χ0) is 19.6. The van der Waals surface area contributed by atoms with Gasteiger partial charge < -0.3 is 19.3 Å². The van der Waals surface area contributed by atoms with Crippen molar-refractivity contribution in [1.29, 1.82) is 0 Å². The monoisotopic (exact) mass is 376 g/mol. The molecule has 7 heteroatoms. The third-order valence-corrected chi connectivity index (χ3v) is 4.76. The summed E-state index contributed by atoms with van der Waals surface area (Å²) in [5.74, 6) is 0.562. The summed E-state index contributed by atoms with van der Waals surface area (Å²) in [5.41, 5.74) is 2.37. The third kappa shape index (κ3) is 4.97. The summed E-state index contributed by atoms with van der Waals surface area (Å²) in [5, 5.41) is 26.8. The molecule has 27 heavy (non-hydrogen) atoms. The van der Waals surface area contributed by atoms with Gasteiger partial charge in [0.15, 0.2) is 11.5 Å². The first-order chi connectivity index (χ1) is 12.8. The van der Waals surface area contributed by atoms with Gasteiger partial charge in [-0.25, -0.2) is 0 Å². The minimum Gasteiger partial charge on any atom is -0.481 e. The zero-order valence-corrected chi connectivity index (χ0v) is 16.2. The number of carboxylic acid groups (broad SMARTS) is 1. The molecule has 1 fully saturated rings. The number of aromatic nitrogens is 2. The van der Waals surface area contributed by atoms with Crippen LogP contribution in [0.15, 0.2) is 15.1 Å². The highest BCUT2D eigenvalue weighted by molar-refractivity contribution is 5.68. The molecular weight excluding hydrogens is 348 g/mol. The second-order valence-electron chi connectivity index (χ2n) is 8.66. The molecule has 1 aliphatic rings. The van der Waals surface area contributed by atoms with Crippen LogP contribution in [-0.2, 0) is 11.2 Å². The summed E-state index contributed by atoms with van der Waals surface area (Å²) < 4.78 is 11.1. The molecule has 0 bridgehead atoms. The maximum atomic E-state index is 11.3. The highest BCUT2D eigenvalue weighted by Crippen LogP contribution is 2.48. The fourth-order valence-corrected chi connectivity index (χ4v) is 3.47. The van der Waals surface area contributed by atoms with E-state index in [0.717, 1.165) is 30.6 Å². The van der Waals surface area contributed by atoms with Crippen molar-refractivity contribution >= 4 is 5.97 Å². The largest absolute Gasteiger partial charge is 0.481 e. The number of hydrogen-bond acceptors (Lipinski definition) is 6. The predicted molar refractivity (Wildman–Crippen MR) is 98.4 cm³/mol. The molecule has 3 rings (SSSR count). The molecule has 0 amide bonds. The van der Waals surface area contributed by atoms with Crippen molar-refractivity contribution in [3.05, 3.63) is 23.1 Å². The van der Waals surface area contributed by atoms with Gasteiger partial charge in [0.1, 0.15) is 5.76 Å². The second-order valence-corrected chi connectivity index (χ2v) is 8.66. The van der Waals surface area contributed by atoms with E-state index in [9.17, 15) is 9.90 Å². The van der Waals surface area contributed by atoms with Crippen molar-refractivity contribution in [3.63, 3.8) is 0 Å². The summed E-state index contributed by atoms with van der Waals surface area (Å²) in [7, 11) is 0. The summed E-state index contributed by atoms with van der Waals surface area (Å²) in [6, 6.07) is 1.89. The minimum atomic E-state index is -0.877. The Labute approximate surface area is 158 Å². The number of hydrogen-bond donors (Lipinski definition) is 2. The number of aliphatic hydroxyl groups is 1. The first-order valence-corrected chi connectivity index (χ1v) is 9.56. The quantitative estimate of drug-likeness (QED) is 0.677. The highest BCUT2D eigenvalue weighted by Gasteiger charge is 2.37. The minimum absolute atomic E-state index is 0.0268. The van der Waals surface area contributed by atoms with Gasteiger partial charge in [-0.05, 0) is 37.0 Å². The first-order valence-electron chi connectivity index (χ1n) is 9.56. The summed E-state index contributed by atoms with van der Waals surface area (Å²) in [6.45, 7) is 6.43. The van der Waals surface area contributed by atoms with Crippen LogP contribution in [0.25, 0.3) is 11.5 Å². The van der Waals surface area contributed by atoms with E-state index >= 15 is 0 Å². The van der Waals surface area contributed by atoms with Crippen molar-refractivity contribution in [3.8, 4) is 11.5 Å². The van der Waals surface area contributed by atoms with E-state index in [1.165, 1.54) is 0 Å². The maximum absolute atomic E-state index is 11.3. The van der Waals surface area contributed by atoms with Crippen LogP contribution in [0.1, 0.15) is 81.7 Å². The summed E-state index contributed by atoms with van der Waals surface area (Å²) in [4.78, 5) is 11.3. The zero-order valence-electron chi connectivity index (χ0n) is 16.2. The normalized spacial score (nSPS) is 15.9. The molecule has 2 heterocycles. The molecule has 2 N–H and O–H groups in total. The lowest BCUT2D eigenvalue weighted by molar-refractivity contribution is -0.137. The van der Waals surface area contributed by atoms with E-state index in [0.29, 0.717) is 35.9 Å². The van der Waals surface area contributed by atoms with Crippen LogP contribution in [0.3, 0.4) is 0 Å². The lowest BCUT2D eigenvalue weighted by Gasteiger charge is -2.14. The fraction of sp³-hybridized carbons (Fsp3) is 0.650. The van der Waals surface area contributed by atoms with Gasteiger partial charge in [-0.3, -0.25) is 4.79 Å². The molecule has 0 aliphatic heterocycles. The van der Waals surface area contributed by atoms with Gasteiger partial charge in [0, 0.05) is 30.6 Å². The Balaban J connectivity index is 1.92. The van der Waals surface area contributed by atoms with Crippen LogP contribution in [0, 0.1) is 5.41 Å². The van der Waals surface area contributed by atoms with E-state index in [-0.39, 0.29) is 24.4 Å². The molecule has 0 radical (unpaired) electrons. The topological polar surface area (TPSA) is 110 Å². The Morgan fingerprint density at radius 2 is 2.04 bits per heavy atom. The SMILES string of the molecule is CC(C)(C)Cc1cc(-c2onc([C@@H](CCCO)CC(=O)O)c2C2CC2)no1. The van der Waals surface area contributed by atoms with Crippen molar-refractivity contribution in [1.82, 2.24) is 10.3 Å². The Bertz CT molecular complexity index is 783. The average Bonchev–Trinajstić information content (AvgIpc) is 3.14. The van der Waals surface area contributed by atoms with Crippen molar-refractivity contribution in [2.75, 3.05) is 6.61 Å². The second kappa shape index (κ2) is 7.84. The molecule has 0 unspecified atom stereocenters. The van der Waals surface area contributed by atoms with Gasteiger partial charge in [-0.2, -0.15) is 0 Å². The first kappa shape index (κ1) is 19.6. The van der Waals surface area contributed by atoms with Gasteiger partial charge in [-0.1, -0.05) is 31.1 Å². The fourth-order valence-electron chi connectivity index (χ4n) is 3.47. The molecule has 1 aliphatic carbocycles. The van der Waals surface area contributed by atoms with Crippen molar-refractivity contribution in [2.45, 2.75) is 71.1 Å². The molecule has 1 atom stereocenters. The molecular formula is C20H28N2O5. The smallest absolute Gasteiger partial charge is 0.304 e. The van der Waals surface area contributed by atoms with Crippen molar-refractivity contribution in [2.24, 2.45) is 5.41 Å². The van der Waals surface area contributed by atoms with E-state index < -0.39 is 5.97 Å². The lowest BCUT2D eigenvalue weighted by atomic mass is 9.90. The van der Waals surface area contributed by atoms with Crippen LogP contribution in [0.2, 0.25) is 0 Å². The van der Waals surface area contributed by atoms with Crippen LogP contribution < -0.4 is 0 Å². The van der Waals surface area contributed by atoms with Gasteiger partial charge in [0.2, 0.25) is 0 Å². The van der Waals surface area contributed by atoms with Gasteiger partial charge in [-0.15, -0.1) is 0 Å². The molecule has 0 spiro atoms. The number of aliphatic hydroxyl groups excluding tert-OH is 1. The summed E-state index contributed by atoms with van der Waals surface area (Å²) >= 11 is 0. The third-order valence-electron chi connectivity index (χ3n) is 4.76. The number of carbonyl (C=O) groups is 1. The Morgan fingerprint density at radius 3 is 2.63 bits per heavy atom. The molecule has 0 saturated heterocycles. The maximum Gasteiger partial charge on any atom is 0.304 e. The van der Waals surface area contributed by atoms with Gasteiger partial charge >= 0.3 is 5.97 Å². The molecule has 148 valence electrons. The van der Waals surface area contributed by atoms with E-state index in [1.54, 1.807) is 0 Å². The molecule has 1 saturated carbocycles. The van der Waals surface area contributed by atoms with Crippen LogP contribution >= 0.6 is 0 Å². The number of nitrogens with zero attached hydrogens (tertiary/aromatic N) is 2. The number of rotatable bonds is 9. The van der Waals surface area contributed by atoms with Gasteiger partial charge in [0.25, 0.3) is 0 Å². The van der Waals surface area contributed by atoms with Gasteiger partial charge in [0.05, 0.1) is 12.1 Å². The lowest BCUT2D eigenvalue weighted by Crippen LogP contribution is -2.09. The highest BCUT2D eigenvalue weighted by atomic mass is 16.5. The number of aliphatic carboxylic acids is 1. The Hall–Kier alpha value is -2.15. The Kier molecular flexibility index (Phi) is 5.69. The molecule has 2 aromatic rings. The molecule has 0 aromatic carbocycles. The number of carboxylic acids is 1. The van der Waals surface area contributed by atoms with E-state index in [4.69, 9.17) is 14.2 Å². The van der Waals surface area contributed by atoms with Crippen LogP contribution in [0.4, 0.5) is 0 Å². The molecule has 2 aromatic heterocycles. The van der Waals surface area contributed by atoms with Crippen molar-refractivity contribution < 1.29 is 24.1 Å². The van der Waals surface area contributed by atoms with Crippen LogP contribution in [-0.4, -0.2) is 33.1 Å². The average molecular weight is 376 g/mol. The Morgan fingerprint density at radius 1 is 1.30 bits per heavy atom.